The van der Waals surface area contributed by atoms with Gasteiger partial charge in [-0.3, -0.25) is 0 Å². The molecule has 0 radical (unpaired) electrons. The summed E-state index contributed by atoms with van der Waals surface area (Å²) >= 11 is 0. The predicted octanol–water partition coefficient (Wildman–Crippen LogP) is 3.92. The molecule has 0 aliphatic carbocycles. The van der Waals surface area contributed by atoms with Crippen molar-refractivity contribution in [1.29, 1.82) is 0 Å². The van der Waals surface area contributed by atoms with Gasteiger partial charge in [0.15, 0.2) is 0 Å². The van der Waals surface area contributed by atoms with Crippen molar-refractivity contribution in [1.82, 2.24) is 5.32 Å². The van der Waals surface area contributed by atoms with Crippen LogP contribution >= 0.6 is 0 Å². The van der Waals surface area contributed by atoms with Crippen molar-refractivity contribution >= 4 is 6.08 Å². The van der Waals surface area contributed by atoms with Crippen LogP contribution in [0.3, 0.4) is 0 Å². The Kier molecular flexibility index (Phi) is 5.39. The Hall–Kier alpha value is -1.86. The SMILES string of the molecule is C[C@H](Cc1ccccc1)NC/C=C\c1ccccc1. The molecule has 0 fully saturated rings. The van der Waals surface area contributed by atoms with Crippen molar-refractivity contribution in [2.75, 3.05) is 6.54 Å². The maximum absolute atomic E-state index is 3.51. The van der Waals surface area contributed by atoms with Gasteiger partial charge in [-0.25, -0.2) is 0 Å². The van der Waals surface area contributed by atoms with Crippen molar-refractivity contribution in [3.05, 3.63) is 77.9 Å². The zero-order valence-electron chi connectivity index (χ0n) is 11.4. The lowest BCUT2D eigenvalue weighted by molar-refractivity contribution is 0.581. The number of hydrogen-bond acceptors (Lipinski definition) is 1. The highest BCUT2D eigenvalue weighted by molar-refractivity contribution is 5.48. The Bertz CT molecular complexity index is 488. The first kappa shape index (κ1) is 13.6. The topological polar surface area (TPSA) is 12.0 Å². The van der Waals surface area contributed by atoms with Gasteiger partial charge in [0.1, 0.15) is 0 Å². The summed E-state index contributed by atoms with van der Waals surface area (Å²) < 4.78 is 0. The minimum Gasteiger partial charge on any atom is -0.310 e. The Morgan fingerprint density at radius 3 is 2.26 bits per heavy atom. The second-order valence-corrected chi connectivity index (χ2v) is 4.81. The van der Waals surface area contributed by atoms with E-state index in [1.807, 2.05) is 6.07 Å². The first-order chi connectivity index (χ1) is 9.34. The van der Waals surface area contributed by atoms with Crippen molar-refractivity contribution < 1.29 is 0 Å². The van der Waals surface area contributed by atoms with E-state index in [2.05, 4.69) is 79.0 Å². The van der Waals surface area contributed by atoms with Crippen LogP contribution in [-0.4, -0.2) is 12.6 Å². The molecule has 0 aliphatic rings. The van der Waals surface area contributed by atoms with Crippen LogP contribution in [0, 0.1) is 0 Å². The van der Waals surface area contributed by atoms with Gasteiger partial charge in [0.05, 0.1) is 0 Å². The fraction of sp³-hybridized carbons (Fsp3) is 0.222. The highest BCUT2D eigenvalue weighted by atomic mass is 14.9. The zero-order valence-corrected chi connectivity index (χ0v) is 11.4. The standard InChI is InChI=1S/C18H21N/c1-16(15-18-11-6-3-7-12-18)19-14-8-13-17-9-4-2-5-10-17/h2-13,16,19H,14-15H2,1H3/b13-8-/t16-/m1/s1. The molecular weight excluding hydrogens is 230 g/mol. The van der Waals surface area contributed by atoms with Crippen molar-refractivity contribution in [2.24, 2.45) is 0 Å². The third-order valence-electron chi connectivity index (χ3n) is 3.08. The fourth-order valence-corrected chi connectivity index (χ4v) is 2.07. The largest absolute Gasteiger partial charge is 0.310 e. The van der Waals surface area contributed by atoms with Gasteiger partial charge in [-0.1, -0.05) is 72.8 Å². The Morgan fingerprint density at radius 1 is 0.947 bits per heavy atom. The Labute approximate surface area is 116 Å². The zero-order chi connectivity index (χ0) is 13.3. The van der Waals surface area contributed by atoms with E-state index in [1.54, 1.807) is 0 Å². The summed E-state index contributed by atoms with van der Waals surface area (Å²) in [4.78, 5) is 0. The third kappa shape index (κ3) is 5.11. The molecule has 0 aliphatic heterocycles. The normalized spacial score (nSPS) is 12.7. The molecule has 0 amide bonds. The van der Waals surface area contributed by atoms with Crippen molar-refractivity contribution in [3.63, 3.8) is 0 Å². The molecule has 19 heavy (non-hydrogen) atoms. The molecule has 0 heterocycles. The summed E-state index contributed by atoms with van der Waals surface area (Å²) in [5.41, 5.74) is 2.63. The van der Waals surface area contributed by atoms with Gasteiger partial charge < -0.3 is 5.32 Å². The molecule has 2 aromatic carbocycles. The quantitative estimate of drug-likeness (QED) is 0.820. The predicted molar refractivity (Wildman–Crippen MR) is 83.1 cm³/mol. The molecule has 1 heteroatoms. The molecule has 1 nitrogen and oxygen atoms in total. The van der Waals surface area contributed by atoms with Gasteiger partial charge >= 0.3 is 0 Å². The van der Waals surface area contributed by atoms with Crippen LogP contribution in [-0.2, 0) is 6.42 Å². The van der Waals surface area contributed by atoms with Gasteiger partial charge in [-0.15, -0.1) is 0 Å². The summed E-state index contributed by atoms with van der Waals surface area (Å²) in [5, 5.41) is 3.51. The van der Waals surface area contributed by atoms with E-state index < -0.39 is 0 Å². The lowest BCUT2D eigenvalue weighted by Crippen LogP contribution is -2.28. The molecule has 0 unspecified atom stereocenters. The summed E-state index contributed by atoms with van der Waals surface area (Å²) in [6.07, 6.45) is 5.40. The number of nitrogens with one attached hydrogen (secondary N) is 1. The summed E-state index contributed by atoms with van der Waals surface area (Å²) in [7, 11) is 0. The first-order valence-electron chi connectivity index (χ1n) is 6.83. The number of hydrogen-bond donors (Lipinski definition) is 1. The van der Waals surface area contributed by atoms with E-state index in [4.69, 9.17) is 0 Å². The number of benzene rings is 2. The smallest absolute Gasteiger partial charge is 0.0140 e. The van der Waals surface area contributed by atoms with E-state index >= 15 is 0 Å². The summed E-state index contributed by atoms with van der Waals surface area (Å²) in [6.45, 7) is 3.13. The minimum absolute atomic E-state index is 0.489. The Balaban J connectivity index is 1.72. The van der Waals surface area contributed by atoms with Gasteiger partial charge in [-0.2, -0.15) is 0 Å². The van der Waals surface area contributed by atoms with Crippen LogP contribution in [0.1, 0.15) is 18.1 Å². The van der Waals surface area contributed by atoms with Crippen LogP contribution in [0.4, 0.5) is 0 Å². The van der Waals surface area contributed by atoms with Crippen LogP contribution in [0.5, 0.6) is 0 Å². The van der Waals surface area contributed by atoms with Gasteiger partial charge in [0.2, 0.25) is 0 Å². The molecule has 0 saturated carbocycles. The minimum atomic E-state index is 0.489. The molecule has 0 aromatic heterocycles. The second kappa shape index (κ2) is 7.55. The summed E-state index contributed by atoms with van der Waals surface area (Å²) in [6, 6.07) is 21.5. The van der Waals surface area contributed by atoms with E-state index in [0.29, 0.717) is 6.04 Å². The number of rotatable bonds is 6. The average molecular weight is 251 g/mol. The molecule has 1 N–H and O–H groups in total. The van der Waals surface area contributed by atoms with Crippen LogP contribution < -0.4 is 5.32 Å². The van der Waals surface area contributed by atoms with Crippen LogP contribution in [0.15, 0.2) is 66.7 Å². The lowest BCUT2D eigenvalue weighted by atomic mass is 10.1. The average Bonchev–Trinajstić information content (AvgIpc) is 2.46. The molecule has 1 atom stereocenters. The van der Waals surface area contributed by atoms with E-state index in [0.717, 1.165) is 13.0 Å². The van der Waals surface area contributed by atoms with Crippen LogP contribution in [0.2, 0.25) is 0 Å². The highest BCUT2D eigenvalue weighted by Crippen LogP contribution is 2.03. The monoisotopic (exact) mass is 251 g/mol. The van der Waals surface area contributed by atoms with Crippen LogP contribution in [0.25, 0.3) is 6.08 Å². The molecular formula is C18H21N. The van der Waals surface area contributed by atoms with E-state index in [-0.39, 0.29) is 0 Å². The molecule has 98 valence electrons. The third-order valence-corrected chi connectivity index (χ3v) is 3.08. The molecule has 2 aromatic rings. The summed E-state index contributed by atoms with van der Waals surface area (Å²) in [5.74, 6) is 0. The van der Waals surface area contributed by atoms with Crippen molar-refractivity contribution in [3.8, 4) is 0 Å². The van der Waals surface area contributed by atoms with Gasteiger partial charge in [0, 0.05) is 12.6 Å². The first-order valence-corrected chi connectivity index (χ1v) is 6.83. The molecule has 2 rings (SSSR count). The molecule has 0 bridgehead atoms. The highest BCUT2D eigenvalue weighted by Gasteiger charge is 2.00. The maximum Gasteiger partial charge on any atom is 0.0140 e. The van der Waals surface area contributed by atoms with Gasteiger partial charge in [-0.05, 0) is 24.5 Å². The lowest BCUT2D eigenvalue weighted by Gasteiger charge is -2.12. The molecule has 0 spiro atoms. The van der Waals surface area contributed by atoms with E-state index in [9.17, 15) is 0 Å². The van der Waals surface area contributed by atoms with Crippen molar-refractivity contribution in [2.45, 2.75) is 19.4 Å². The van der Waals surface area contributed by atoms with E-state index in [1.165, 1.54) is 11.1 Å². The Morgan fingerprint density at radius 2 is 1.58 bits per heavy atom. The van der Waals surface area contributed by atoms with Gasteiger partial charge in [0.25, 0.3) is 0 Å². The molecule has 0 saturated heterocycles. The fourth-order valence-electron chi connectivity index (χ4n) is 2.07. The second-order valence-electron chi connectivity index (χ2n) is 4.81. The maximum atomic E-state index is 3.51.